The molecule has 0 amide bonds. The van der Waals surface area contributed by atoms with Crippen molar-refractivity contribution in [1.82, 2.24) is 10.5 Å². The minimum Gasteiger partial charge on any atom is -0.361 e. The molecule has 3 nitrogen and oxygen atoms in total. The fourth-order valence-electron chi connectivity index (χ4n) is 2.21. The highest BCUT2D eigenvalue weighted by atomic mass is 16.5. The smallest absolute Gasteiger partial charge is 0.138 e. The number of aromatic nitrogens is 1. The Hall–Kier alpha value is -1.61. The minimum atomic E-state index is 0.211. The molecule has 0 radical (unpaired) electrons. The zero-order chi connectivity index (χ0) is 14.8. The standard InChI is InChI=1S/C17H24N2O/c1-12-16(13(2)20-19-12)11-18-10-14-6-8-15(9-7-14)17(3,4)5/h6-9,18H,10-11H2,1-5H3. The monoisotopic (exact) mass is 272 g/mol. The van der Waals surface area contributed by atoms with Crippen LogP contribution in [0.2, 0.25) is 0 Å². The Balaban J connectivity index is 1.92. The zero-order valence-electron chi connectivity index (χ0n) is 13.1. The molecule has 0 saturated carbocycles. The van der Waals surface area contributed by atoms with Crippen LogP contribution < -0.4 is 5.32 Å². The second kappa shape index (κ2) is 5.80. The van der Waals surface area contributed by atoms with Gasteiger partial charge in [-0.2, -0.15) is 0 Å². The van der Waals surface area contributed by atoms with Crippen LogP contribution in [0.25, 0.3) is 0 Å². The molecule has 0 aliphatic heterocycles. The first-order valence-electron chi connectivity index (χ1n) is 7.10. The Kier molecular flexibility index (Phi) is 4.29. The van der Waals surface area contributed by atoms with E-state index in [4.69, 9.17) is 4.52 Å². The Bertz CT molecular complexity index is 542. The van der Waals surface area contributed by atoms with Crippen molar-refractivity contribution < 1.29 is 4.52 Å². The largest absolute Gasteiger partial charge is 0.361 e. The van der Waals surface area contributed by atoms with Gasteiger partial charge in [0.05, 0.1) is 5.69 Å². The van der Waals surface area contributed by atoms with Crippen LogP contribution in [0.15, 0.2) is 28.8 Å². The first-order valence-corrected chi connectivity index (χ1v) is 7.10. The molecule has 1 N–H and O–H groups in total. The molecule has 0 aliphatic rings. The number of hydrogen-bond donors (Lipinski definition) is 1. The van der Waals surface area contributed by atoms with E-state index in [9.17, 15) is 0 Å². The molecular formula is C17H24N2O. The number of nitrogens with zero attached hydrogens (tertiary/aromatic N) is 1. The number of rotatable bonds is 4. The fourth-order valence-corrected chi connectivity index (χ4v) is 2.21. The molecule has 0 unspecified atom stereocenters. The minimum absolute atomic E-state index is 0.211. The van der Waals surface area contributed by atoms with E-state index in [-0.39, 0.29) is 5.41 Å². The summed E-state index contributed by atoms with van der Waals surface area (Å²) in [6.07, 6.45) is 0. The summed E-state index contributed by atoms with van der Waals surface area (Å²) in [6, 6.07) is 8.82. The van der Waals surface area contributed by atoms with Crippen LogP contribution in [0, 0.1) is 13.8 Å². The van der Waals surface area contributed by atoms with Gasteiger partial charge in [0, 0.05) is 18.7 Å². The average molecular weight is 272 g/mol. The van der Waals surface area contributed by atoms with Crippen molar-refractivity contribution >= 4 is 0 Å². The molecule has 3 heteroatoms. The zero-order valence-corrected chi connectivity index (χ0v) is 13.1. The van der Waals surface area contributed by atoms with Crippen molar-refractivity contribution in [3.63, 3.8) is 0 Å². The van der Waals surface area contributed by atoms with Crippen LogP contribution in [-0.4, -0.2) is 5.16 Å². The molecule has 0 saturated heterocycles. The van der Waals surface area contributed by atoms with E-state index in [0.29, 0.717) is 0 Å². The lowest BCUT2D eigenvalue weighted by atomic mass is 9.87. The van der Waals surface area contributed by atoms with Gasteiger partial charge >= 0.3 is 0 Å². The molecular weight excluding hydrogens is 248 g/mol. The predicted molar refractivity (Wildman–Crippen MR) is 81.7 cm³/mol. The van der Waals surface area contributed by atoms with Gasteiger partial charge in [0.1, 0.15) is 5.76 Å². The number of aryl methyl sites for hydroxylation is 2. The lowest BCUT2D eigenvalue weighted by Gasteiger charge is -2.19. The molecule has 0 atom stereocenters. The highest BCUT2D eigenvalue weighted by Crippen LogP contribution is 2.22. The van der Waals surface area contributed by atoms with Gasteiger partial charge in [0.25, 0.3) is 0 Å². The summed E-state index contributed by atoms with van der Waals surface area (Å²) >= 11 is 0. The highest BCUT2D eigenvalue weighted by Gasteiger charge is 2.13. The molecule has 0 spiro atoms. The Morgan fingerprint density at radius 2 is 1.70 bits per heavy atom. The molecule has 1 aromatic heterocycles. The summed E-state index contributed by atoms with van der Waals surface area (Å²) in [4.78, 5) is 0. The second-order valence-electron chi connectivity index (χ2n) is 6.35. The summed E-state index contributed by atoms with van der Waals surface area (Å²) in [5.74, 6) is 0.901. The molecule has 1 aromatic carbocycles. The predicted octanol–water partition coefficient (Wildman–Crippen LogP) is 3.88. The van der Waals surface area contributed by atoms with Crippen LogP contribution >= 0.6 is 0 Å². The number of benzene rings is 1. The molecule has 0 bridgehead atoms. The van der Waals surface area contributed by atoms with Crippen molar-refractivity contribution in [1.29, 1.82) is 0 Å². The molecule has 108 valence electrons. The first kappa shape index (κ1) is 14.8. The summed E-state index contributed by atoms with van der Waals surface area (Å²) in [5, 5.41) is 7.41. The first-order chi connectivity index (χ1) is 9.38. The molecule has 0 fully saturated rings. The third-order valence-corrected chi connectivity index (χ3v) is 3.63. The van der Waals surface area contributed by atoms with Gasteiger partial charge in [0.15, 0.2) is 0 Å². The maximum Gasteiger partial charge on any atom is 0.138 e. The normalized spacial score (nSPS) is 11.8. The van der Waals surface area contributed by atoms with Crippen LogP contribution in [0.5, 0.6) is 0 Å². The van der Waals surface area contributed by atoms with Gasteiger partial charge < -0.3 is 9.84 Å². The van der Waals surface area contributed by atoms with Gasteiger partial charge in [-0.15, -0.1) is 0 Å². The second-order valence-corrected chi connectivity index (χ2v) is 6.35. The Labute approximate surface area is 121 Å². The Morgan fingerprint density at radius 3 is 2.20 bits per heavy atom. The quantitative estimate of drug-likeness (QED) is 0.918. The number of nitrogens with one attached hydrogen (secondary N) is 1. The average Bonchev–Trinajstić information content (AvgIpc) is 2.70. The van der Waals surface area contributed by atoms with Gasteiger partial charge in [-0.3, -0.25) is 0 Å². The maximum atomic E-state index is 5.16. The molecule has 0 aliphatic carbocycles. The van der Waals surface area contributed by atoms with E-state index < -0.39 is 0 Å². The molecule has 2 aromatic rings. The summed E-state index contributed by atoms with van der Waals surface area (Å²) in [7, 11) is 0. The summed E-state index contributed by atoms with van der Waals surface area (Å²) in [6.45, 7) is 12.3. The summed E-state index contributed by atoms with van der Waals surface area (Å²) in [5.41, 5.74) is 5.01. The van der Waals surface area contributed by atoms with Crippen molar-refractivity contribution in [2.45, 2.75) is 53.1 Å². The van der Waals surface area contributed by atoms with Crippen LogP contribution in [0.4, 0.5) is 0 Å². The van der Waals surface area contributed by atoms with E-state index in [0.717, 1.165) is 30.1 Å². The third kappa shape index (κ3) is 3.48. The van der Waals surface area contributed by atoms with Gasteiger partial charge in [-0.1, -0.05) is 50.2 Å². The molecule has 2 rings (SSSR count). The van der Waals surface area contributed by atoms with Gasteiger partial charge in [-0.05, 0) is 30.4 Å². The Morgan fingerprint density at radius 1 is 1.05 bits per heavy atom. The van der Waals surface area contributed by atoms with Gasteiger partial charge in [-0.25, -0.2) is 0 Å². The van der Waals surface area contributed by atoms with Crippen molar-refractivity contribution in [3.05, 3.63) is 52.4 Å². The van der Waals surface area contributed by atoms with Crippen molar-refractivity contribution in [3.8, 4) is 0 Å². The highest BCUT2D eigenvalue weighted by molar-refractivity contribution is 5.27. The van der Waals surface area contributed by atoms with Crippen LogP contribution in [0.3, 0.4) is 0 Å². The SMILES string of the molecule is Cc1noc(C)c1CNCc1ccc(C(C)(C)C)cc1. The van der Waals surface area contributed by atoms with E-state index in [2.05, 4.69) is 55.5 Å². The lowest BCUT2D eigenvalue weighted by Crippen LogP contribution is -2.14. The third-order valence-electron chi connectivity index (χ3n) is 3.63. The topological polar surface area (TPSA) is 38.1 Å². The van der Waals surface area contributed by atoms with E-state index in [1.54, 1.807) is 0 Å². The van der Waals surface area contributed by atoms with E-state index >= 15 is 0 Å². The van der Waals surface area contributed by atoms with Gasteiger partial charge in [0.2, 0.25) is 0 Å². The number of hydrogen-bond acceptors (Lipinski definition) is 3. The lowest BCUT2D eigenvalue weighted by molar-refractivity contribution is 0.392. The van der Waals surface area contributed by atoms with Crippen LogP contribution in [-0.2, 0) is 18.5 Å². The van der Waals surface area contributed by atoms with Crippen molar-refractivity contribution in [2.75, 3.05) is 0 Å². The fraction of sp³-hybridized carbons (Fsp3) is 0.471. The molecule has 1 heterocycles. The molecule has 20 heavy (non-hydrogen) atoms. The maximum absolute atomic E-state index is 5.16. The van der Waals surface area contributed by atoms with Crippen molar-refractivity contribution in [2.24, 2.45) is 0 Å². The van der Waals surface area contributed by atoms with E-state index in [1.807, 2.05) is 13.8 Å². The van der Waals surface area contributed by atoms with Crippen LogP contribution in [0.1, 0.15) is 48.9 Å². The summed E-state index contributed by atoms with van der Waals surface area (Å²) < 4.78 is 5.16. The van der Waals surface area contributed by atoms with E-state index in [1.165, 1.54) is 11.1 Å².